The first-order chi connectivity index (χ1) is 14.1. The van der Waals surface area contributed by atoms with Crippen molar-refractivity contribution in [3.8, 4) is 0 Å². The summed E-state index contributed by atoms with van der Waals surface area (Å²) < 4.78 is 1.16. The van der Waals surface area contributed by atoms with Gasteiger partial charge in [0, 0.05) is 11.1 Å². The molecule has 0 aromatic carbocycles. The zero-order valence-electron chi connectivity index (χ0n) is 18.2. The van der Waals surface area contributed by atoms with E-state index >= 15 is 0 Å². The molecular formula is C22H32N5S2+. The smallest absolute Gasteiger partial charge is 0.189 e. The molecular weight excluding hydrogens is 398 g/mol. The molecule has 0 radical (unpaired) electrons. The van der Waals surface area contributed by atoms with E-state index in [9.17, 15) is 0 Å². The minimum Gasteiger partial charge on any atom is -0.363 e. The first kappa shape index (κ1) is 20.8. The summed E-state index contributed by atoms with van der Waals surface area (Å²) in [4.78, 5) is 17.6. The predicted octanol–water partition coefficient (Wildman–Crippen LogP) is 3.91. The summed E-state index contributed by atoms with van der Waals surface area (Å²) in [5.74, 6) is 1.44. The van der Waals surface area contributed by atoms with E-state index in [2.05, 4.69) is 39.3 Å². The zero-order valence-corrected chi connectivity index (χ0v) is 19.8. The number of pyridine rings is 1. The number of nitrogens with one attached hydrogen (secondary N) is 2. The highest BCUT2D eigenvalue weighted by Crippen LogP contribution is 2.43. The van der Waals surface area contributed by atoms with Gasteiger partial charge in [-0.2, -0.15) is 0 Å². The molecule has 4 rings (SSSR count). The second kappa shape index (κ2) is 8.74. The van der Waals surface area contributed by atoms with Crippen LogP contribution < -0.4 is 10.2 Å². The number of thiophene rings is 1. The maximum Gasteiger partial charge on any atom is 0.189 e. The van der Waals surface area contributed by atoms with Gasteiger partial charge >= 0.3 is 0 Å². The lowest BCUT2D eigenvalue weighted by Crippen LogP contribution is -3.12. The van der Waals surface area contributed by atoms with Crippen molar-refractivity contribution in [2.75, 3.05) is 37.8 Å². The Bertz CT molecular complexity index is 1020. The predicted molar refractivity (Wildman–Crippen MR) is 126 cm³/mol. The van der Waals surface area contributed by atoms with Crippen molar-refractivity contribution in [2.45, 2.75) is 58.0 Å². The van der Waals surface area contributed by atoms with Crippen molar-refractivity contribution >= 4 is 49.3 Å². The highest BCUT2D eigenvalue weighted by molar-refractivity contribution is 7.98. The lowest BCUT2D eigenvalue weighted by molar-refractivity contribution is -0.894. The van der Waals surface area contributed by atoms with E-state index in [0.717, 1.165) is 65.0 Å². The first-order valence-electron chi connectivity index (χ1n) is 10.8. The molecule has 3 aromatic rings. The molecule has 0 fully saturated rings. The average molecular weight is 431 g/mol. The van der Waals surface area contributed by atoms with Gasteiger partial charge in [0.05, 0.1) is 36.4 Å². The van der Waals surface area contributed by atoms with Crippen molar-refractivity contribution in [2.24, 2.45) is 0 Å². The van der Waals surface area contributed by atoms with Crippen LogP contribution in [0.3, 0.4) is 0 Å². The van der Waals surface area contributed by atoms with E-state index in [4.69, 9.17) is 15.0 Å². The molecule has 29 heavy (non-hydrogen) atoms. The van der Waals surface area contributed by atoms with Crippen LogP contribution in [0, 0.1) is 0 Å². The van der Waals surface area contributed by atoms with Crippen molar-refractivity contribution < 1.29 is 4.90 Å². The molecule has 3 heterocycles. The number of thioether (sulfide) groups is 1. The lowest BCUT2D eigenvalue weighted by Gasteiger charge is -2.16. The van der Waals surface area contributed by atoms with Gasteiger partial charge in [0.15, 0.2) is 5.16 Å². The summed E-state index contributed by atoms with van der Waals surface area (Å²) in [7, 11) is 0. The minimum atomic E-state index is 0.457. The number of nitrogens with zero attached hydrogens (tertiary/aromatic N) is 3. The maximum absolute atomic E-state index is 5.13. The number of hydrogen-bond acceptors (Lipinski definition) is 6. The summed E-state index contributed by atoms with van der Waals surface area (Å²) in [6.07, 6.45) is 5.58. The number of aromatic nitrogens is 3. The van der Waals surface area contributed by atoms with Crippen LogP contribution in [0.15, 0.2) is 5.16 Å². The van der Waals surface area contributed by atoms with Gasteiger partial charge in [-0.05, 0) is 56.4 Å². The SMILES string of the molecule is CC[NH+](CC)CCNc1nc(SC)nc2c1sc1nc(C(C)C)c3c(c12)CCC3. The van der Waals surface area contributed by atoms with Gasteiger partial charge in [0.25, 0.3) is 0 Å². The van der Waals surface area contributed by atoms with Crippen LogP contribution in [0.5, 0.6) is 0 Å². The highest BCUT2D eigenvalue weighted by Gasteiger charge is 2.25. The Morgan fingerprint density at radius 3 is 2.55 bits per heavy atom. The van der Waals surface area contributed by atoms with E-state index in [0.29, 0.717) is 5.92 Å². The van der Waals surface area contributed by atoms with E-state index < -0.39 is 0 Å². The second-order valence-corrected chi connectivity index (χ2v) is 9.89. The molecule has 1 aliphatic carbocycles. The fourth-order valence-electron chi connectivity index (χ4n) is 4.42. The molecule has 2 N–H and O–H groups in total. The van der Waals surface area contributed by atoms with E-state index in [1.165, 1.54) is 28.6 Å². The largest absolute Gasteiger partial charge is 0.363 e. The molecule has 0 bridgehead atoms. The van der Waals surface area contributed by atoms with Crippen LogP contribution in [0.2, 0.25) is 0 Å². The van der Waals surface area contributed by atoms with Gasteiger partial charge in [-0.25, -0.2) is 15.0 Å². The monoisotopic (exact) mass is 430 g/mol. The van der Waals surface area contributed by atoms with Gasteiger partial charge in [-0.15, -0.1) is 11.3 Å². The van der Waals surface area contributed by atoms with Crippen LogP contribution >= 0.6 is 23.1 Å². The van der Waals surface area contributed by atoms with Crippen molar-refractivity contribution in [3.63, 3.8) is 0 Å². The second-order valence-electron chi connectivity index (χ2n) is 8.12. The van der Waals surface area contributed by atoms with Crippen molar-refractivity contribution in [1.29, 1.82) is 0 Å². The Hall–Kier alpha value is -1.44. The first-order valence-corrected chi connectivity index (χ1v) is 12.9. The van der Waals surface area contributed by atoms with E-state index in [-0.39, 0.29) is 0 Å². The standard InChI is InChI=1S/C22H31N5S2/c1-6-27(7-2)12-11-23-20-19-18(25-22(26-20)28-5)16-14-9-8-10-15(14)17(13(3)4)24-21(16)29-19/h13H,6-12H2,1-5H3,(H,23,25,26)/p+1. The van der Waals surface area contributed by atoms with E-state index in [1.807, 2.05) is 0 Å². The number of likely N-dealkylation sites (N-methyl/N-ethyl adjacent to an activating group) is 1. The number of quaternary nitrogens is 1. The van der Waals surface area contributed by atoms with Crippen LogP contribution in [-0.2, 0) is 12.8 Å². The Morgan fingerprint density at radius 2 is 1.86 bits per heavy atom. The Balaban J connectivity index is 1.83. The normalized spacial score (nSPS) is 13.9. The molecule has 5 nitrogen and oxygen atoms in total. The third-order valence-corrected chi connectivity index (χ3v) is 7.67. The van der Waals surface area contributed by atoms with E-state index in [1.54, 1.807) is 28.0 Å². The average Bonchev–Trinajstić information content (AvgIpc) is 3.34. The van der Waals surface area contributed by atoms with Crippen molar-refractivity contribution in [3.05, 3.63) is 16.8 Å². The summed E-state index contributed by atoms with van der Waals surface area (Å²) in [5, 5.41) is 5.76. The molecule has 156 valence electrons. The molecule has 0 atom stereocenters. The number of rotatable bonds is 8. The molecule has 0 aliphatic heterocycles. The quantitative estimate of drug-likeness (QED) is 0.419. The minimum absolute atomic E-state index is 0.457. The van der Waals surface area contributed by atoms with Gasteiger partial charge in [0.2, 0.25) is 0 Å². The molecule has 1 aliphatic rings. The third kappa shape index (κ3) is 3.84. The van der Waals surface area contributed by atoms with Gasteiger partial charge < -0.3 is 10.2 Å². The Kier molecular flexibility index (Phi) is 6.27. The summed E-state index contributed by atoms with van der Waals surface area (Å²) >= 11 is 3.38. The molecule has 0 unspecified atom stereocenters. The van der Waals surface area contributed by atoms with Gasteiger partial charge in [-0.1, -0.05) is 25.6 Å². The molecule has 0 saturated carbocycles. The van der Waals surface area contributed by atoms with Gasteiger partial charge in [-0.3, -0.25) is 0 Å². The Morgan fingerprint density at radius 1 is 1.10 bits per heavy atom. The molecule has 0 amide bonds. The topological polar surface area (TPSA) is 55.1 Å². The highest BCUT2D eigenvalue weighted by atomic mass is 32.2. The number of fused-ring (bicyclic) bond motifs is 5. The fraction of sp³-hybridized carbons (Fsp3) is 0.591. The molecule has 0 saturated heterocycles. The number of hydrogen-bond donors (Lipinski definition) is 2. The maximum atomic E-state index is 5.13. The van der Waals surface area contributed by atoms with Crippen molar-refractivity contribution in [1.82, 2.24) is 15.0 Å². The zero-order chi connectivity index (χ0) is 20.5. The fourth-order valence-corrected chi connectivity index (χ4v) is 5.91. The molecule has 3 aromatic heterocycles. The van der Waals surface area contributed by atoms with Crippen LogP contribution in [-0.4, -0.2) is 47.4 Å². The van der Waals surface area contributed by atoms with Crippen LogP contribution in [0.25, 0.3) is 20.4 Å². The summed E-state index contributed by atoms with van der Waals surface area (Å²) in [6, 6.07) is 0. The molecule has 0 spiro atoms. The molecule has 7 heteroatoms. The lowest BCUT2D eigenvalue weighted by atomic mass is 9.99. The number of anilines is 1. The Labute approximate surface area is 181 Å². The van der Waals surface area contributed by atoms with Crippen LogP contribution in [0.1, 0.15) is 56.9 Å². The summed E-state index contributed by atoms with van der Waals surface area (Å²) in [6.45, 7) is 13.4. The summed E-state index contributed by atoms with van der Waals surface area (Å²) in [5.41, 5.74) is 5.36. The third-order valence-electron chi connectivity index (χ3n) is 6.05. The number of aryl methyl sites for hydroxylation is 1. The van der Waals surface area contributed by atoms with Gasteiger partial charge in [0.1, 0.15) is 10.6 Å². The van der Waals surface area contributed by atoms with Crippen LogP contribution in [0.4, 0.5) is 5.82 Å².